The molecule has 0 unspecified atom stereocenters. The molecule has 1 heterocycles. The van der Waals surface area contributed by atoms with Crippen LogP contribution in [0, 0.1) is 0 Å². The highest BCUT2D eigenvalue weighted by Gasteiger charge is 2.20. The molecule has 3 rings (SSSR count). The third kappa shape index (κ3) is 4.40. The zero-order valence-electron chi connectivity index (χ0n) is 17.5. The minimum absolute atomic E-state index is 0.0134. The lowest BCUT2D eigenvalue weighted by atomic mass is 10.1. The number of fused-ring (bicyclic) bond motifs is 1. The van der Waals surface area contributed by atoms with Gasteiger partial charge in [-0.1, -0.05) is 19.1 Å². The summed E-state index contributed by atoms with van der Waals surface area (Å²) in [7, 11) is 3.06. The first-order valence-electron chi connectivity index (χ1n) is 9.68. The highest BCUT2D eigenvalue weighted by atomic mass is 16.5. The van der Waals surface area contributed by atoms with Crippen LogP contribution in [0.25, 0.3) is 22.3 Å². The molecule has 2 aromatic carbocycles. The van der Waals surface area contributed by atoms with Gasteiger partial charge in [0.15, 0.2) is 23.9 Å². The number of amides is 1. The van der Waals surface area contributed by atoms with Crippen LogP contribution in [0.15, 0.2) is 51.7 Å². The predicted molar refractivity (Wildman–Crippen MR) is 114 cm³/mol. The number of rotatable bonds is 8. The minimum Gasteiger partial charge on any atom is -0.493 e. The van der Waals surface area contributed by atoms with Crippen molar-refractivity contribution in [1.29, 1.82) is 0 Å². The fourth-order valence-electron chi connectivity index (χ4n) is 2.98. The van der Waals surface area contributed by atoms with Crippen molar-refractivity contribution in [2.75, 3.05) is 20.8 Å². The lowest BCUT2D eigenvalue weighted by molar-refractivity contribution is -0.123. The SMILES string of the molecule is CC[C@H](C)NC(=O)COc1c(-c2ccc(OC)c(OC)c2)oc2ccccc2c1=O. The summed E-state index contributed by atoms with van der Waals surface area (Å²) in [5.41, 5.74) is 0.634. The first-order chi connectivity index (χ1) is 14.5. The second-order valence-corrected chi connectivity index (χ2v) is 6.82. The van der Waals surface area contributed by atoms with E-state index in [1.165, 1.54) is 14.2 Å². The summed E-state index contributed by atoms with van der Waals surface area (Å²) >= 11 is 0. The van der Waals surface area contributed by atoms with E-state index in [0.29, 0.717) is 28.0 Å². The number of methoxy groups -OCH3 is 2. The van der Waals surface area contributed by atoms with Crippen LogP contribution >= 0.6 is 0 Å². The van der Waals surface area contributed by atoms with Crippen LogP contribution in [-0.4, -0.2) is 32.8 Å². The summed E-state index contributed by atoms with van der Waals surface area (Å²) in [6.45, 7) is 3.57. The van der Waals surface area contributed by atoms with Gasteiger partial charge in [0, 0.05) is 11.6 Å². The molecule has 1 amide bonds. The van der Waals surface area contributed by atoms with Crippen LogP contribution in [0.5, 0.6) is 17.2 Å². The lowest BCUT2D eigenvalue weighted by Gasteiger charge is -2.15. The Hall–Kier alpha value is -3.48. The predicted octanol–water partition coefficient (Wildman–Crippen LogP) is 3.77. The van der Waals surface area contributed by atoms with E-state index >= 15 is 0 Å². The average Bonchev–Trinajstić information content (AvgIpc) is 2.77. The van der Waals surface area contributed by atoms with Crippen molar-refractivity contribution in [2.24, 2.45) is 0 Å². The van der Waals surface area contributed by atoms with E-state index in [4.69, 9.17) is 18.6 Å². The number of hydrogen-bond acceptors (Lipinski definition) is 6. The molecular formula is C23H25NO6. The first-order valence-corrected chi connectivity index (χ1v) is 9.68. The van der Waals surface area contributed by atoms with Gasteiger partial charge in [0.1, 0.15) is 5.58 Å². The molecule has 0 saturated heterocycles. The van der Waals surface area contributed by atoms with Gasteiger partial charge in [0.25, 0.3) is 5.91 Å². The van der Waals surface area contributed by atoms with Crippen molar-refractivity contribution in [3.05, 3.63) is 52.7 Å². The maximum atomic E-state index is 13.1. The van der Waals surface area contributed by atoms with Crippen LogP contribution < -0.4 is 25.0 Å². The number of para-hydroxylation sites is 1. The van der Waals surface area contributed by atoms with E-state index in [0.717, 1.165) is 6.42 Å². The molecule has 7 heteroatoms. The molecule has 0 fully saturated rings. The van der Waals surface area contributed by atoms with Crippen LogP contribution in [0.2, 0.25) is 0 Å². The van der Waals surface area contributed by atoms with Gasteiger partial charge >= 0.3 is 0 Å². The quantitative estimate of drug-likeness (QED) is 0.607. The molecule has 0 radical (unpaired) electrons. The number of nitrogens with one attached hydrogen (secondary N) is 1. The Kier molecular flexibility index (Phi) is 6.61. The molecule has 0 aliphatic heterocycles. The third-order valence-electron chi connectivity index (χ3n) is 4.77. The smallest absolute Gasteiger partial charge is 0.258 e. The number of ether oxygens (including phenoxy) is 3. The van der Waals surface area contributed by atoms with Crippen molar-refractivity contribution < 1.29 is 23.4 Å². The topological polar surface area (TPSA) is 87.0 Å². The lowest BCUT2D eigenvalue weighted by Crippen LogP contribution is -2.36. The van der Waals surface area contributed by atoms with Crippen LogP contribution in [0.4, 0.5) is 0 Å². The van der Waals surface area contributed by atoms with E-state index in [2.05, 4.69) is 5.32 Å². The first kappa shape index (κ1) is 21.2. The Balaban J connectivity index is 2.07. The van der Waals surface area contributed by atoms with E-state index < -0.39 is 0 Å². The molecule has 158 valence electrons. The molecule has 0 saturated carbocycles. The molecule has 0 aliphatic rings. The molecule has 1 aromatic heterocycles. The van der Waals surface area contributed by atoms with Crippen molar-refractivity contribution in [1.82, 2.24) is 5.32 Å². The molecule has 0 spiro atoms. The Morgan fingerprint density at radius 3 is 2.53 bits per heavy atom. The summed E-state index contributed by atoms with van der Waals surface area (Å²) in [5, 5.41) is 3.19. The molecule has 1 atom stereocenters. The van der Waals surface area contributed by atoms with Gasteiger partial charge in [-0.25, -0.2) is 0 Å². The fraction of sp³-hybridized carbons (Fsp3) is 0.304. The van der Waals surface area contributed by atoms with E-state index in [-0.39, 0.29) is 35.5 Å². The zero-order chi connectivity index (χ0) is 21.7. The maximum Gasteiger partial charge on any atom is 0.258 e. The van der Waals surface area contributed by atoms with Gasteiger partial charge < -0.3 is 23.9 Å². The van der Waals surface area contributed by atoms with Crippen molar-refractivity contribution >= 4 is 16.9 Å². The standard InChI is InChI=1S/C23H25NO6/c1-5-14(2)24-20(25)13-29-23-21(26)16-8-6-7-9-17(16)30-22(23)15-10-11-18(27-3)19(12-15)28-4/h6-12,14H,5,13H2,1-4H3,(H,24,25)/t14-/m0/s1. The molecule has 30 heavy (non-hydrogen) atoms. The molecule has 3 aromatic rings. The highest BCUT2D eigenvalue weighted by Crippen LogP contribution is 2.36. The van der Waals surface area contributed by atoms with Crippen LogP contribution in [-0.2, 0) is 4.79 Å². The Bertz CT molecular complexity index is 1100. The number of benzene rings is 2. The molecule has 0 aliphatic carbocycles. The number of carbonyl (C=O) groups excluding carboxylic acids is 1. The normalized spacial score (nSPS) is 11.7. The van der Waals surface area contributed by atoms with Crippen molar-refractivity contribution in [3.8, 4) is 28.6 Å². The summed E-state index contributed by atoms with van der Waals surface area (Å²) in [5.74, 6) is 0.900. The van der Waals surface area contributed by atoms with Gasteiger partial charge in [-0.05, 0) is 43.7 Å². The number of hydrogen-bond donors (Lipinski definition) is 1. The Morgan fingerprint density at radius 1 is 1.10 bits per heavy atom. The van der Waals surface area contributed by atoms with Gasteiger partial charge in [-0.2, -0.15) is 0 Å². The summed E-state index contributed by atoms with van der Waals surface area (Å²) in [4.78, 5) is 25.3. The van der Waals surface area contributed by atoms with E-state index in [1.807, 2.05) is 13.8 Å². The largest absolute Gasteiger partial charge is 0.493 e. The van der Waals surface area contributed by atoms with E-state index in [9.17, 15) is 9.59 Å². The Labute approximate surface area is 174 Å². The van der Waals surface area contributed by atoms with Gasteiger partial charge in [0.2, 0.25) is 11.2 Å². The fourth-order valence-corrected chi connectivity index (χ4v) is 2.98. The van der Waals surface area contributed by atoms with Gasteiger partial charge in [-0.3, -0.25) is 9.59 Å². The average molecular weight is 411 g/mol. The molecular weight excluding hydrogens is 386 g/mol. The van der Waals surface area contributed by atoms with Gasteiger partial charge in [0.05, 0.1) is 19.6 Å². The minimum atomic E-state index is -0.349. The second kappa shape index (κ2) is 9.35. The Morgan fingerprint density at radius 2 is 1.83 bits per heavy atom. The summed E-state index contributed by atoms with van der Waals surface area (Å²) in [6.07, 6.45) is 0.792. The highest BCUT2D eigenvalue weighted by molar-refractivity contribution is 5.83. The monoisotopic (exact) mass is 411 g/mol. The number of carbonyl (C=O) groups is 1. The molecule has 0 bridgehead atoms. The van der Waals surface area contributed by atoms with Gasteiger partial charge in [-0.15, -0.1) is 0 Å². The van der Waals surface area contributed by atoms with Crippen LogP contribution in [0.1, 0.15) is 20.3 Å². The zero-order valence-corrected chi connectivity index (χ0v) is 17.5. The maximum absolute atomic E-state index is 13.1. The molecule has 1 N–H and O–H groups in total. The van der Waals surface area contributed by atoms with Crippen LogP contribution in [0.3, 0.4) is 0 Å². The van der Waals surface area contributed by atoms with E-state index in [1.54, 1.807) is 42.5 Å². The summed E-state index contributed by atoms with van der Waals surface area (Å²) in [6, 6.07) is 12.0. The van der Waals surface area contributed by atoms with Crippen molar-refractivity contribution in [2.45, 2.75) is 26.3 Å². The molecule has 7 nitrogen and oxygen atoms in total. The second-order valence-electron chi connectivity index (χ2n) is 6.82. The third-order valence-corrected chi connectivity index (χ3v) is 4.77. The summed E-state index contributed by atoms with van der Waals surface area (Å²) < 4.78 is 22.3. The van der Waals surface area contributed by atoms with Crippen molar-refractivity contribution in [3.63, 3.8) is 0 Å².